The van der Waals surface area contributed by atoms with E-state index in [9.17, 15) is 9.59 Å². The number of Topliss-reactive ketones (excluding diaryl/α,β-unsaturated/α-hetero) is 1. The normalized spacial score (nSPS) is 46.4. The second kappa shape index (κ2) is 11.7. The van der Waals surface area contributed by atoms with E-state index in [4.69, 9.17) is 9.47 Å². The summed E-state index contributed by atoms with van der Waals surface area (Å²) in [6, 6.07) is 0. The van der Waals surface area contributed by atoms with E-state index in [0.717, 1.165) is 51.1 Å². The molecule has 0 N–H and O–H groups in total. The van der Waals surface area contributed by atoms with Gasteiger partial charge in [-0.1, -0.05) is 27.2 Å². The van der Waals surface area contributed by atoms with Gasteiger partial charge in [-0.05, 0) is 130 Å². The first-order chi connectivity index (χ1) is 20.3. The Morgan fingerprint density at radius 3 is 2.38 bits per heavy atom. The van der Waals surface area contributed by atoms with Crippen molar-refractivity contribution in [1.82, 2.24) is 9.80 Å². The summed E-state index contributed by atoms with van der Waals surface area (Å²) < 4.78 is 12.2. The van der Waals surface area contributed by atoms with E-state index in [1.807, 2.05) is 4.90 Å². The van der Waals surface area contributed by atoms with Crippen molar-refractivity contribution in [2.24, 2.45) is 46.3 Å². The molecule has 0 radical (unpaired) electrons. The van der Waals surface area contributed by atoms with Crippen molar-refractivity contribution in [3.8, 4) is 0 Å². The van der Waals surface area contributed by atoms with Crippen molar-refractivity contribution in [3.05, 3.63) is 0 Å². The molecule has 4 saturated carbocycles. The second-order valence-corrected chi connectivity index (χ2v) is 16.4. The Bertz CT molecular complexity index is 1010. The number of likely N-dealkylation sites (tertiary alicyclic amines) is 2. The van der Waals surface area contributed by atoms with Gasteiger partial charge in [-0.25, -0.2) is 4.79 Å². The van der Waals surface area contributed by atoms with Crippen molar-refractivity contribution in [3.63, 3.8) is 0 Å². The van der Waals surface area contributed by atoms with E-state index in [0.29, 0.717) is 53.6 Å². The number of hydrogen-bond acceptors (Lipinski definition) is 5. The Morgan fingerprint density at radius 2 is 1.62 bits per heavy atom. The smallest absolute Gasteiger partial charge is 0.410 e. The van der Waals surface area contributed by atoms with Crippen LogP contribution in [0.4, 0.5) is 4.79 Å². The first-order valence-corrected chi connectivity index (χ1v) is 18.2. The van der Waals surface area contributed by atoms with Gasteiger partial charge in [-0.15, -0.1) is 0 Å². The molecule has 0 aromatic heterocycles. The van der Waals surface area contributed by atoms with E-state index in [1.54, 1.807) is 0 Å². The molecule has 6 nitrogen and oxygen atoms in total. The third kappa shape index (κ3) is 5.26. The molecule has 7 fully saturated rings. The summed E-state index contributed by atoms with van der Waals surface area (Å²) in [4.78, 5) is 31.4. The third-order valence-electron chi connectivity index (χ3n) is 14.3. The molecule has 7 aliphatic rings. The highest BCUT2D eigenvalue weighted by Crippen LogP contribution is 2.67. The minimum absolute atomic E-state index is 0.0163. The van der Waals surface area contributed by atoms with Gasteiger partial charge in [0.1, 0.15) is 18.1 Å². The number of ketones is 1. The average molecular weight is 583 g/mol. The Balaban J connectivity index is 0.960. The maximum Gasteiger partial charge on any atom is 0.410 e. The highest BCUT2D eigenvalue weighted by Gasteiger charge is 2.63. The topological polar surface area (TPSA) is 62.4 Å². The van der Waals surface area contributed by atoms with E-state index in [2.05, 4.69) is 25.7 Å². The van der Waals surface area contributed by atoms with Crippen LogP contribution in [0.15, 0.2) is 0 Å². The highest BCUT2D eigenvalue weighted by atomic mass is 16.6. The van der Waals surface area contributed by atoms with Crippen LogP contribution in [0, 0.1) is 46.3 Å². The second-order valence-electron chi connectivity index (χ2n) is 16.4. The zero-order chi connectivity index (χ0) is 29.1. The molecule has 236 valence electrons. The Labute approximate surface area is 255 Å². The zero-order valence-electron chi connectivity index (χ0n) is 26.9. The Hall–Kier alpha value is -1.14. The predicted octanol–water partition coefficient (Wildman–Crippen LogP) is 7.44. The first kappa shape index (κ1) is 29.6. The molecule has 3 saturated heterocycles. The molecule has 42 heavy (non-hydrogen) atoms. The Kier molecular flexibility index (Phi) is 8.21. The lowest BCUT2D eigenvalue weighted by Crippen LogP contribution is -2.57. The minimum Gasteiger partial charge on any atom is -0.446 e. The molecule has 0 bridgehead atoms. The lowest BCUT2D eigenvalue weighted by atomic mass is 9.44. The maximum atomic E-state index is 14.0. The van der Waals surface area contributed by atoms with Gasteiger partial charge in [0.15, 0.2) is 0 Å². The number of rotatable bonds is 6. The minimum atomic E-state index is -0.113. The molecule has 0 aromatic carbocycles. The van der Waals surface area contributed by atoms with E-state index in [1.165, 1.54) is 77.3 Å². The summed E-state index contributed by atoms with van der Waals surface area (Å²) in [7, 11) is 0. The van der Waals surface area contributed by atoms with Crippen molar-refractivity contribution in [2.75, 3.05) is 26.2 Å². The van der Waals surface area contributed by atoms with Gasteiger partial charge in [0.25, 0.3) is 0 Å². The molecule has 3 aliphatic heterocycles. The summed E-state index contributed by atoms with van der Waals surface area (Å²) in [5, 5.41) is 0. The van der Waals surface area contributed by atoms with Crippen LogP contribution < -0.4 is 0 Å². The fourth-order valence-corrected chi connectivity index (χ4v) is 11.7. The fourth-order valence-electron chi connectivity index (χ4n) is 11.7. The molecule has 11 atom stereocenters. The van der Waals surface area contributed by atoms with Crippen molar-refractivity contribution < 1.29 is 19.1 Å². The molecule has 0 aromatic rings. The highest BCUT2D eigenvalue weighted by molar-refractivity contribution is 5.83. The summed E-state index contributed by atoms with van der Waals surface area (Å²) in [5.74, 6) is 3.68. The van der Waals surface area contributed by atoms with Gasteiger partial charge in [0.2, 0.25) is 0 Å². The molecule has 1 amide bonds. The van der Waals surface area contributed by atoms with E-state index in [-0.39, 0.29) is 23.5 Å². The number of carbonyl (C=O) groups is 2. The number of amides is 1. The lowest BCUT2D eigenvalue weighted by molar-refractivity contribution is -0.161. The number of fused-ring (bicyclic) bond motifs is 5. The summed E-state index contributed by atoms with van der Waals surface area (Å²) in [5.41, 5.74) is 0.516. The molecular formula is C36H58N2O4. The molecular weight excluding hydrogens is 524 g/mol. The zero-order valence-corrected chi connectivity index (χ0v) is 26.9. The lowest BCUT2D eigenvalue weighted by Gasteiger charge is -2.60. The van der Waals surface area contributed by atoms with Crippen LogP contribution in [0.3, 0.4) is 0 Å². The van der Waals surface area contributed by atoms with Crippen LogP contribution in [0.1, 0.15) is 124 Å². The summed E-state index contributed by atoms with van der Waals surface area (Å²) in [6.45, 7) is 11.7. The monoisotopic (exact) mass is 582 g/mol. The third-order valence-corrected chi connectivity index (χ3v) is 14.3. The predicted molar refractivity (Wildman–Crippen MR) is 164 cm³/mol. The van der Waals surface area contributed by atoms with Crippen LogP contribution >= 0.6 is 0 Å². The Morgan fingerprint density at radius 1 is 0.929 bits per heavy atom. The molecule has 6 heteroatoms. The fraction of sp³-hybridized carbons (Fsp3) is 0.944. The number of ether oxygens (including phenoxy) is 2. The number of nitrogens with zero attached hydrogens (tertiary/aromatic N) is 2. The van der Waals surface area contributed by atoms with E-state index < -0.39 is 0 Å². The van der Waals surface area contributed by atoms with Gasteiger partial charge in [-0.2, -0.15) is 0 Å². The maximum absolute atomic E-state index is 14.0. The summed E-state index contributed by atoms with van der Waals surface area (Å²) >= 11 is 0. The van der Waals surface area contributed by atoms with Gasteiger partial charge in [0.05, 0.1) is 6.10 Å². The quantitative estimate of drug-likeness (QED) is 0.305. The number of hydrogen-bond donors (Lipinski definition) is 0. The van der Waals surface area contributed by atoms with Crippen LogP contribution in [0.5, 0.6) is 0 Å². The van der Waals surface area contributed by atoms with Crippen LogP contribution in [-0.4, -0.2) is 66.3 Å². The molecule has 7 unspecified atom stereocenters. The van der Waals surface area contributed by atoms with E-state index >= 15 is 0 Å². The average Bonchev–Trinajstić information content (AvgIpc) is 3.70. The van der Waals surface area contributed by atoms with Crippen molar-refractivity contribution >= 4 is 11.9 Å². The first-order valence-electron chi connectivity index (χ1n) is 18.2. The summed E-state index contributed by atoms with van der Waals surface area (Å²) in [6.07, 6.45) is 19.3. The number of carbonyl (C=O) groups excluding carboxylic acids is 2. The molecule has 0 spiro atoms. The van der Waals surface area contributed by atoms with Crippen molar-refractivity contribution in [1.29, 1.82) is 0 Å². The molecule has 3 heterocycles. The molecule has 4 aliphatic carbocycles. The standard InChI is InChI=1S/C36H58N2O4/c1-24(10-13-31-33(42-31)37-18-6-4-7-19-37)27-11-12-28-32-29(15-17-36(27,28)3)35(2)16-14-26(22-25(35)23-30(32)39)41-34(40)38-20-8-5-9-21-38/h24-29,31-33H,4-23H2,1-3H3/t24-,25?,26+,27?,28?,29?,31?,32?,33?,35-,36+/m0/s1. The molecule has 7 rings (SSSR count). The largest absolute Gasteiger partial charge is 0.446 e. The number of epoxide rings is 1. The van der Waals surface area contributed by atoms with Gasteiger partial charge < -0.3 is 14.4 Å². The SMILES string of the molecule is C[C@@H](CCC1OC1N1CCCCC1)C1CCC2C3C(=O)CC4C[C@H](OC(=O)N5CCCCC5)CC[C@]4(C)C3CC[C@@]21C. The van der Waals surface area contributed by atoms with Crippen molar-refractivity contribution in [2.45, 2.75) is 142 Å². The number of piperidine rings is 2. The van der Waals surface area contributed by atoms with Crippen LogP contribution in [0.2, 0.25) is 0 Å². The van der Waals surface area contributed by atoms with Crippen LogP contribution in [-0.2, 0) is 14.3 Å². The van der Waals surface area contributed by atoms with Gasteiger partial charge in [0, 0.05) is 38.5 Å². The van der Waals surface area contributed by atoms with Crippen LogP contribution in [0.25, 0.3) is 0 Å². The van der Waals surface area contributed by atoms with Gasteiger partial charge >= 0.3 is 6.09 Å². The van der Waals surface area contributed by atoms with Gasteiger partial charge in [-0.3, -0.25) is 9.69 Å².